The van der Waals surface area contributed by atoms with Crippen molar-refractivity contribution < 1.29 is 14.6 Å². The Balaban J connectivity index is 2.17. The van der Waals surface area contributed by atoms with Gasteiger partial charge in [0.2, 0.25) is 0 Å². The van der Waals surface area contributed by atoms with Gasteiger partial charge in [-0.25, -0.2) is 14.4 Å². The number of rotatable bonds is 5. The Kier molecular flexibility index (Phi) is 5.07. The van der Waals surface area contributed by atoms with Gasteiger partial charge in [0.1, 0.15) is 24.1 Å². The molecule has 0 bridgehead atoms. The summed E-state index contributed by atoms with van der Waals surface area (Å²) in [5.41, 5.74) is 11.7. The standard InChI is InChI=1S/C12H20FN5O2S/c1-2-3-21-12-17-10(15)7(14)11(18-12)16-6-4-5(13)8(19)9(6)20/h5-6,8-9,19-20H,2-4,14H2,1H3,(H3,15,16,17,18). The van der Waals surface area contributed by atoms with Crippen LogP contribution in [0.5, 0.6) is 0 Å². The first-order valence-corrected chi connectivity index (χ1v) is 7.75. The van der Waals surface area contributed by atoms with E-state index in [9.17, 15) is 14.6 Å². The van der Waals surface area contributed by atoms with Crippen LogP contribution in [-0.4, -0.2) is 50.4 Å². The van der Waals surface area contributed by atoms with Gasteiger partial charge in [-0.3, -0.25) is 0 Å². The Morgan fingerprint density at radius 1 is 1.33 bits per heavy atom. The molecule has 118 valence electrons. The molecular weight excluding hydrogens is 297 g/mol. The van der Waals surface area contributed by atoms with Crippen LogP contribution < -0.4 is 16.8 Å². The molecule has 4 atom stereocenters. The number of hydrogen-bond donors (Lipinski definition) is 5. The number of halogens is 1. The van der Waals surface area contributed by atoms with E-state index in [1.165, 1.54) is 11.8 Å². The molecular formula is C12H20FN5O2S. The van der Waals surface area contributed by atoms with E-state index in [2.05, 4.69) is 15.3 Å². The summed E-state index contributed by atoms with van der Waals surface area (Å²) in [5.74, 6) is 1.22. The van der Waals surface area contributed by atoms with Crippen molar-refractivity contribution in [1.29, 1.82) is 0 Å². The lowest BCUT2D eigenvalue weighted by molar-refractivity contribution is 0.00784. The highest BCUT2D eigenvalue weighted by molar-refractivity contribution is 7.99. The van der Waals surface area contributed by atoms with Gasteiger partial charge in [0.15, 0.2) is 16.8 Å². The van der Waals surface area contributed by atoms with E-state index in [4.69, 9.17) is 11.5 Å². The molecule has 7 N–H and O–H groups in total. The SMILES string of the molecule is CCCSc1nc(N)c(N)c(NC2CC(F)C(O)C2O)n1. The molecule has 0 radical (unpaired) electrons. The molecule has 2 rings (SSSR count). The number of aliphatic hydroxyl groups is 2. The van der Waals surface area contributed by atoms with Gasteiger partial charge in [0, 0.05) is 12.2 Å². The maximum atomic E-state index is 13.4. The lowest BCUT2D eigenvalue weighted by Crippen LogP contribution is -2.35. The predicted molar refractivity (Wildman–Crippen MR) is 80.8 cm³/mol. The lowest BCUT2D eigenvalue weighted by Gasteiger charge is -2.19. The van der Waals surface area contributed by atoms with E-state index < -0.39 is 24.4 Å². The van der Waals surface area contributed by atoms with Crippen molar-refractivity contribution in [1.82, 2.24) is 9.97 Å². The summed E-state index contributed by atoms with van der Waals surface area (Å²) >= 11 is 1.43. The minimum atomic E-state index is -1.48. The first-order valence-electron chi connectivity index (χ1n) is 6.76. The molecule has 1 aromatic rings. The average Bonchev–Trinajstić information content (AvgIpc) is 2.69. The number of anilines is 3. The van der Waals surface area contributed by atoms with Crippen molar-refractivity contribution in [2.45, 2.75) is 49.3 Å². The molecule has 9 heteroatoms. The average molecular weight is 317 g/mol. The number of nitrogen functional groups attached to an aromatic ring is 2. The maximum absolute atomic E-state index is 13.4. The zero-order valence-corrected chi connectivity index (χ0v) is 12.5. The normalized spacial score (nSPS) is 28.8. The van der Waals surface area contributed by atoms with Crippen molar-refractivity contribution in [2.24, 2.45) is 0 Å². The maximum Gasteiger partial charge on any atom is 0.191 e. The van der Waals surface area contributed by atoms with Crippen LogP contribution in [0.1, 0.15) is 19.8 Å². The Labute approximate surface area is 126 Å². The molecule has 1 saturated carbocycles. The Hall–Kier alpha value is -1.32. The van der Waals surface area contributed by atoms with Crippen molar-refractivity contribution in [3.63, 3.8) is 0 Å². The molecule has 0 aliphatic heterocycles. The van der Waals surface area contributed by atoms with Crippen LogP contribution in [0.3, 0.4) is 0 Å². The monoisotopic (exact) mass is 317 g/mol. The van der Waals surface area contributed by atoms with E-state index in [0.29, 0.717) is 5.16 Å². The highest BCUT2D eigenvalue weighted by Crippen LogP contribution is 2.30. The Morgan fingerprint density at radius 3 is 2.62 bits per heavy atom. The molecule has 1 heterocycles. The zero-order valence-electron chi connectivity index (χ0n) is 11.7. The molecule has 7 nitrogen and oxygen atoms in total. The molecule has 1 fully saturated rings. The van der Waals surface area contributed by atoms with Gasteiger partial charge in [-0.1, -0.05) is 18.7 Å². The van der Waals surface area contributed by atoms with Crippen molar-refractivity contribution in [3.8, 4) is 0 Å². The van der Waals surface area contributed by atoms with Crippen molar-refractivity contribution >= 4 is 29.1 Å². The fourth-order valence-corrected chi connectivity index (χ4v) is 2.83. The summed E-state index contributed by atoms with van der Waals surface area (Å²) in [4.78, 5) is 8.31. The highest BCUT2D eigenvalue weighted by Gasteiger charge is 2.42. The second-order valence-corrected chi connectivity index (χ2v) is 6.05. The van der Waals surface area contributed by atoms with Crippen LogP contribution in [0.25, 0.3) is 0 Å². The molecule has 1 aromatic heterocycles. The quantitative estimate of drug-likeness (QED) is 0.389. The van der Waals surface area contributed by atoms with Crippen LogP contribution in [-0.2, 0) is 0 Å². The summed E-state index contributed by atoms with van der Waals surface area (Å²) in [6, 6.07) is -0.671. The van der Waals surface area contributed by atoms with Gasteiger partial charge in [0.25, 0.3) is 0 Å². The number of nitrogens with one attached hydrogen (secondary N) is 1. The summed E-state index contributed by atoms with van der Waals surface area (Å²) in [7, 11) is 0. The fraction of sp³-hybridized carbons (Fsp3) is 0.667. The molecule has 4 unspecified atom stereocenters. The Morgan fingerprint density at radius 2 is 2.05 bits per heavy atom. The van der Waals surface area contributed by atoms with Crippen LogP contribution in [0.15, 0.2) is 5.16 Å². The molecule has 0 spiro atoms. The van der Waals surface area contributed by atoms with E-state index in [-0.39, 0.29) is 23.7 Å². The molecule has 21 heavy (non-hydrogen) atoms. The molecule has 1 aliphatic rings. The minimum Gasteiger partial charge on any atom is -0.393 e. The number of hydrogen-bond acceptors (Lipinski definition) is 8. The van der Waals surface area contributed by atoms with Crippen LogP contribution in [0, 0.1) is 0 Å². The topological polar surface area (TPSA) is 130 Å². The third-order valence-electron chi connectivity index (χ3n) is 3.32. The van der Waals surface area contributed by atoms with Crippen LogP contribution >= 0.6 is 11.8 Å². The van der Waals surface area contributed by atoms with Crippen molar-refractivity contribution in [2.75, 3.05) is 22.5 Å². The molecule has 0 amide bonds. The van der Waals surface area contributed by atoms with E-state index in [0.717, 1.165) is 12.2 Å². The number of alkyl halides is 1. The molecule has 1 aliphatic carbocycles. The van der Waals surface area contributed by atoms with Crippen LogP contribution in [0.2, 0.25) is 0 Å². The smallest absolute Gasteiger partial charge is 0.191 e. The number of aromatic nitrogens is 2. The third-order valence-corrected chi connectivity index (χ3v) is 4.38. The zero-order chi connectivity index (χ0) is 15.6. The summed E-state index contributed by atoms with van der Waals surface area (Å²) < 4.78 is 13.4. The molecule has 0 aromatic carbocycles. The van der Waals surface area contributed by atoms with Crippen molar-refractivity contribution in [3.05, 3.63) is 0 Å². The second-order valence-electron chi connectivity index (χ2n) is 4.99. The summed E-state index contributed by atoms with van der Waals surface area (Å²) in [6.07, 6.45) is -3.17. The number of nitrogens with zero attached hydrogens (tertiary/aromatic N) is 2. The van der Waals surface area contributed by atoms with E-state index >= 15 is 0 Å². The van der Waals surface area contributed by atoms with Gasteiger partial charge in [-0.2, -0.15) is 0 Å². The first kappa shape index (κ1) is 16.1. The van der Waals surface area contributed by atoms with Gasteiger partial charge in [-0.05, 0) is 6.42 Å². The Bertz CT molecular complexity index is 507. The predicted octanol–water partition coefficient (Wildman–Crippen LogP) is 0.387. The van der Waals surface area contributed by atoms with Gasteiger partial charge in [0.05, 0.1) is 6.04 Å². The minimum absolute atomic E-state index is 0.0247. The highest BCUT2D eigenvalue weighted by atomic mass is 32.2. The van der Waals surface area contributed by atoms with Crippen LogP contribution in [0.4, 0.5) is 21.7 Å². The number of thioether (sulfide) groups is 1. The number of nitrogens with two attached hydrogens (primary N) is 2. The summed E-state index contributed by atoms with van der Waals surface area (Å²) in [6.45, 7) is 2.03. The van der Waals surface area contributed by atoms with E-state index in [1.54, 1.807) is 0 Å². The summed E-state index contributed by atoms with van der Waals surface area (Å²) in [5, 5.41) is 22.6. The first-order chi connectivity index (χ1) is 9.93. The lowest BCUT2D eigenvalue weighted by atomic mass is 10.2. The van der Waals surface area contributed by atoms with Gasteiger partial charge in [-0.15, -0.1) is 0 Å². The second kappa shape index (κ2) is 6.63. The van der Waals surface area contributed by atoms with E-state index in [1.807, 2.05) is 6.92 Å². The fourth-order valence-electron chi connectivity index (χ4n) is 2.13. The largest absolute Gasteiger partial charge is 0.393 e. The third kappa shape index (κ3) is 3.47. The van der Waals surface area contributed by atoms with Gasteiger partial charge >= 0.3 is 0 Å². The number of aliphatic hydroxyl groups excluding tert-OH is 2. The van der Waals surface area contributed by atoms with Gasteiger partial charge < -0.3 is 27.0 Å². The molecule has 0 saturated heterocycles.